The van der Waals surface area contributed by atoms with Crippen molar-refractivity contribution in [2.45, 2.75) is 0 Å². The molecule has 0 aliphatic carbocycles. The van der Waals surface area contributed by atoms with E-state index in [9.17, 15) is 0 Å². The highest BCUT2D eigenvalue weighted by Crippen LogP contribution is 2.11. The molecule has 13 heavy (non-hydrogen) atoms. The van der Waals surface area contributed by atoms with Crippen LogP contribution < -0.4 is 0 Å². The lowest BCUT2D eigenvalue weighted by Gasteiger charge is -1.97. The van der Waals surface area contributed by atoms with E-state index in [1.54, 1.807) is 12.4 Å². The molecule has 0 N–H and O–H groups in total. The second-order valence-electron chi connectivity index (χ2n) is 2.32. The van der Waals surface area contributed by atoms with Gasteiger partial charge in [-0.2, -0.15) is 0 Å². The fourth-order valence-electron chi connectivity index (χ4n) is 0.910. The second-order valence-corrected chi connectivity index (χ2v) is 3.28. The van der Waals surface area contributed by atoms with Crippen molar-refractivity contribution in [2.75, 3.05) is 0 Å². The number of hydrogen-bond donors (Lipinski definition) is 0. The van der Waals surface area contributed by atoms with Gasteiger partial charge in [-0.3, -0.25) is 4.98 Å². The maximum atomic E-state index is 4.17. The molecule has 0 radical (unpaired) electrons. The van der Waals surface area contributed by atoms with E-state index in [-0.39, 0.29) is 0 Å². The van der Waals surface area contributed by atoms with Gasteiger partial charge in [-0.25, -0.2) is 15.0 Å². The van der Waals surface area contributed by atoms with Crippen LogP contribution >= 0.6 is 22.6 Å². The Bertz CT molecular complexity index is 404. The van der Waals surface area contributed by atoms with Crippen LogP contribution in [-0.2, 0) is 0 Å². The molecular formula is C8H5IN4. The van der Waals surface area contributed by atoms with E-state index in [1.807, 2.05) is 34.7 Å². The van der Waals surface area contributed by atoms with Gasteiger partial charge in [0, 0.05) is 40.5 Å². The summed E-state index contributed by atoms with van der Waals surface area (Å²) in [4.78, 5) is 16.1. The van der Waals surface area contributed by atoms with Crippen LogP contribution in [0.4, 0.5) is 0 Å². The summed E-state index contributed by atoms with van der Waals surface area (Å²) in [5.41, 5.74) is 0.905. The highest BCUT2D eigenvalue weighted by molar-refractivity contribution is 14.1. The molecule has 0 aromatic carbocycles. The van der Waals surface area contributed by atoms with Crippen molar-refractivity contribution in [1.29, 1.82) is 0 Å². The summed E-state index contributed by atoms with van der Waals surface area (Å²) in [6.45, 7) is 0. The van der Waals surface area contributed by atoms with Crippen LogP contribution in [0.5, 0.6) is 0 Å². The molecule has 0 saturated carbocycles. The van der Waals surface area contributed by atoms with E-state index in [4.69, 9.17) is 0 Å². The van der Waals surface area contributed by atoms with E-state index < -0.39 is 0 Å². The first kappa shape index (κ1) is 8.49. The predicted molar refractivity (Wildman–Crippen MR) is 55.8 cm³/mol. The lowest BCUT2D eigenvalue weighted by molar-refractivity contribution is 1.01. The largest absolute Gasteiger partial charge is 0.264 e. The Labute approximate surface area is 88.6 Å². The van der Waals surface area contributed by atoms with Gasteiger partial charge in [0.1, 0.15) is 6.33 Å². The SMILES string of the molecule is Ic1ncnc(-c2cccnc2)n1. The first-order chi connectivity index (χ1) is 6.36. The average Bonchev–Trinajstić information content (AvgIpc) is 2.19. The maximum Gasteiger partial charge on any atom is 0.194 e. The topological polar surface area (TPSA) is 51.6 Å². The van der Waals surface area contributed by atoms with Gasteiger partial charge in [0.15, 0.2) is 9.66 Å². The number of aromatic nitrogens is 4. The zero-order valence-corrected chi connectivity index (χ0v) is 8.71. The molecule has 0 amide bonds. The summed E-state index contributed by atoms with van der Waals surface area (Å²) >= 11 is 2.05. The van der Waals surface area contributed by atoms with Gasteiger partial charge in [-0.15, -0.1) is 0 Å². The molecule has 0 spiro atoms. The monoisotopic (exact) mass is 284 g/mol. The molecule has 2 heterocycles. The standard InChI is InChI=1S/C8H5IN4/c9-8-12-5-11-7(13-8)6-2-1-3-10-4-6/h1-5H. The molecule has 5 heteroatoms. The quantitative estimate of drug-likeness (QED) is 0.745. The summed E-state index contributed by atoms with van der Waals surface area (Å²) in [5.74, 6) is 0.660. The van der Waals surface area contributed by atoms with Crippen molar-refractivity contribution in [3.8, 4) is 11.4 Å². The fourth-order valence-corrected chi connectivity index (χ4v) is 1.26. The molecule has 0 bridgehead atoms. The van der Waals surface area contributed by atoms with E-state index in [0.717, 1.165) is 5.56 Å². The van der Waals surface area contributed by atoms with Crippen molar-refractivity contribution < 1.29 is 0 Å². The van der Waals surface area contributed by atoms with Gasteiger partial charge in [0.05, 0.1) is 0 Å². The Morgan fingerprint density at radius 2 is 2.15 bits per heavy atom. The normalized spacial score (nSPS) is 9.92. The molecule has 0 atom stereocenters. The lowest BCUT2D eigenvalue weighted by atomic mass is 10.3. The van der Waals surface area contributed by atoms with Crippen LogP contribution in [0.1, 0.15) is 0 Å². The third kappa shape index (κ3) is 1.97. The van der Waals surface area contributed by atoms with Crippen molar-refractivity contribution in [1.82, 2.24) is 19.9 Å². The molecule has 0 fully saturated rings. The molecule has 0 unspecified atom stereocenters. The molecule has 0 aliphatic heterocycles. The highest BCUT2D eigenvalue weighted by atomic mass is 127. The summed E-state index contributed by atoms with van der Waals surface area (Å²) in [6, 6.07) is 3.77. The van der Waals surface area contributed by atoms with Crippen molar-refractivity contribution in [3.63, 3.8) is 0 Å². The van der Waals surface area contributed by atoms with Gasteiger partial charge in [-0.1, -0.05) is 0 Å². The summed E-state index contributed by atoms with van der Waals surface area (Å²) in [7, 11) is 0. The van der Waals surface area contributed by atoms with Crippen LogP contribution in [0.2, 0.25) is 0 Å². The minimum atomic E-state index is 0.660. The average molecular weight is 284 g/mol. The van der Waals surface area contributed by atoms with Gasteiger partial charge in [-0.05, 0) is 12.1 Å². The molecular weight excluding hydrogens is 279 g/mol. The summed E-state index contributed by atoms with van der Waals surface area (Å²) in [5, 5.41) is 0. The second kappa shape index (κ2) is 3.73. The number of pyridine rings is 1. The van der Waals surface area contributed by atoms with Crippen LogP contribution in [0.25, 0.3) is 11.4 Å². The van der Waals surface area contributed by atoms with Gasteiger partial charge >= 0.3 is 0 Å². The van der Waals surface area contributed by atoms with Crippen LogP contribution in [-0.4, -0.2) is 19.9 Å². The molecule has 2 aromatic heterocycles. The molecule has 0 saturated heterocycles. The Balaban J connectivity index is 2.48. The minimum Gasteiger partial charge on any atom is -0.264 e. The fraction of sp³-hybridized carbons (Fsp3) is 0. The maximum absolute atomic E-state index is 4.17. The highest BCUT2D eigenvalue weighted by Gasteiger charge is 2.00. The van der Waals surface area contributed by atoms with Crippen molar-refractivity contribution >= 4 is 22.6 Å². The van der Waals surface area contributed by atoms with E-state index in [1.165, 1.54) is 6.33 Å². The van der Waals surface area contributed by atoms with Gasteiger partial charge in [0.2, 0.25) is 0 Å². The van der Waals surface area contributed by atoms with Crippen LogP contribution in [0.15, 0.2) is 30.9 Å². The number of nitrogens with zero attached hydrogens (tertiary/aromatic N) is 4. The smallest absolute Gasteiger partial charge is 0.194 e. The van der Waals surface area contributed by atoms with Crippen molar-refractivity contribution in [2.24, 2.45) is 0 Å². The zero-order chi connectivity index (χ0) is 9.10. The summed E-state index contributed by atoms with van der Waals surface area (Å²) in [6.07, 6.45) is 4.94. The molecule has 2 rings (SSSR count). The van der Waals surface area contributed by atoms with Gasteiger partial charge in [0.25, 0.3) is 0 Å². The summed E-state index contributed by atoms with van der Waals surface area (Å²) < 4.78 is 0.687. The zero-order valence-electron chi connectivity index (χ0n) is 6.55. The van der Waals surface area contributed by atoms with E-state index in [0.29, 0.717) is 9.66 Å². The molecule has 0 aliphatic rings. The Hall–Kier alpha value is -1.11. The molecule has 64 valence electrons. The van der Waals surface area contributed by atoms with Crippen LogP contribution in [0, 0.1) is 3.83 Å². The van der Waals surface area contributed by atoms with Crippen LogP contribution in [0.3, 0.4) is 0 Å². The van der Waals surface area contributed by atoms with Crippen molar-refractivity contribution in [3.05, 3.63) is 34.7 Å². The number of halogens is 1. The predicted octanol–water partition coefficient (Wildman–Crippen LogP) is 1.54. The van der Waals surface area contributed by atoms with Gasteiger partial charge < -0.3 is 0 Å². The first-order valence-corrected chi connectivity index (χ1v) is 4.69. The lowest BCUT2D eigenvalue weighted by Crippen LogP contribution is -1.93. The first-order valence-electron chi connectivity index (χ1n) is 3.61. The molecule has 2 aromatic rings. The Kier molecular flexibility index (Phi) is 2.44. The third-order valence-corrected chi connectivity index (χ3v) is 1.98. The minimum absolute atomic E-state index is 0.660. The Morgan fingerprint density at radius 3 is 2.85 bits per heavy atom. The van der Waals surface area contributed by atoms with E-state index >= 15 is 0 Å². The Morgan fingerprint density at radius 1 is 1.23 bits per heavy atom. The van der Waals surface area contributed by atoms with E-state index in [2.05, 4.69) is 19.9 Å². The number of hydrogen-bond acceptors (Lipinski definition) is 4. The number of rotatable bonds is 1. The molecule has 4 nitrogen and oxygen atoms in total. The third-order valence-electron chi connectivity index (χ3n) is 1.46.